The van der Waals surface area contributed by atoms with Crippen LogP contribution in [-0.4, -0.2) is 41.6 Å². The van der Waals surface area contributed by atoms with E-state index >= 15 is 0 Å². The van der Waals surface area contributed by atoms with Gasteiger partial charge in [-0.3, -0.25) is 4.79 Å². The summed E-state index contributed by atoms with van der Waals surface area (Å²) in [6.45, 7) is 0.567. The molecule has 1 rings (SSSR count). The monoisotopic (exact) mass is 347 g/mol. The Bertz CT molecular complexity index is 611. The number of nitrogens with one attached hydrogen (secondary N) is 2. The van der Waals surface area contributed by atoms with Crippen molar-refractivity contribution in [2.24, 2.45) is 0 Å². The molecule has 1 amide bonds. The topological polar surface area (TPSA) is 102 Å². The maximum absolute atomic E-state index is 12.0. The Morgan fingerprint density at radius 3 is 2.67 bits per heavy atom. The average molecular weight is 347 g/mol. The molecule has 1 aromatic carbocycles. The van der Waals surface area contributed by atoms with Crippen LogP contribution in [-0.2, 0) is 16.0 Å². The lowest BCUT2D eigenvalue weighted by molar-refractivity contribution is -0.141. The normalized spacial score (nSPS) is 12.1. The number of carbonyl (C=O) groups excluding carboxylic acids is 1. The van der Waals surface area contributed by atoms with E-state index in [4.69, 9.17) is 10.4 Å². The predicted octanol–water partition coefficient (Wildman–Crippen LogP) is 1.55. The van der Waals surface area contributed by atoms with E-state index in [-0.39, 0.29) is 5.57 Å². The maximum Gasteiger partial charge on any atom is 0.326 e. The molecule has 6 nitrogen and oxygen atoms in total. The van der Waals surface area contributed by atoms with E-state index in [1.54, 1.807) is 6.07 Å². The molecule has 7 heteroatoms. The molecule has 0 bridgehead atoms. The Labute approximate surface area is 145 Å². The van der Waals surface area contributed by atoms with E-state index in [1.807, 2.05) is 36.6 Å². The molecule has 1 aromatic rings. The second-order valence-electron chi connectivity index (χ2n) is 5.01. The summed E-state index contributed by atoms with van der Waals surface area (Å²) in [5.74, 6) is -1.18. The molecule has 1 atom stereocenters. The Morgan fingerprint density at radius 1 is 1.38 bits per heavy atom. The molecule has 1 unspecified atom stereocenters. The highest BCUT2D eigenvalue weighted by Crippen LogP contribution is 2.03. The highest BCUT2D eigenvalue weighted by molar-refractivity contribution is 7.98. The molecule has 128 valence electrons. The summed E-state index contributed by atoms with van der Waals surface area (Å²) in [5, 5.41) is 23.5. The number of benzene rings is 1. The number of amides is 1. The number of carboxylic acid groups (broad SMARTS) is 1. The lowest BCUT2D eigenvalue weighted by Crippen LogP contribution is -2.41. The fourth-order valence-electron chi connectivity index (χ4n) is 1.91. The molecule has 0 fully saturated rings. The first-order valence-corrected chi connectivity index (χ1v) is 8.88. The molecular formula is C17H21N3O3S. The number of aliphatic carboxylic acids is 1. The first-order chi connectivity index (χ1) is 11.6. The lowest BCUT2D eigenvalue weighted by Gasteiger charge is -2.13. The number of carbonyl (C=O) groups is 2. The van der Waals surface area contributed by atoms with Crippen LogP contribution >= 0.6 is 11.8 Å². The van der Waals surface area contributed by atoms with Crippen LogP contribution in [0.5, 0.6) is 0 Å². The van der Waals surface area contributed by atoms with Crippen molar-refractivity contribution in [3.05, 3.63) is 47.7 Å². The van der Waals surface area contributed by atoms with Crippen molar-refractivity contribution >= 4 is 23.6 Å². The van der Waals surface area contributed by atoms with Crippen LogP contribution in [0.1, 0.15) is 12.0 Å². The molecule has 0 saturated heterocycles. The molecule has 3 N–H and O–H groups in total. The first-order valence-electron chi connectivity index (χ1n) is 7.48. The summed E-state index contributed by atoms with van der Waals surface area (Å²) >= 11 is 1.50. The van der Waals surface area contributed by atoms with Crippen LogP contribution in [0.2, 0.25) is 0 Å². The second kappa shape index (κ2) is 11.1. The largest absolute Gasteiger partial charge is 0.480 e. The van der Waals surface area contributed by atoms with Gasteiger partial charge in [0.25, 0.3) is 5.91 Å². The van der Waals surface area contributed by atoms with Gasteiger partial charge in [0, 0.05) is 12.7 Å². The van der Waals surface area contributed by atoms with Gasteiger partial charge in [0.1, 0.15) is 17.7 Å². The van der Waals surface area contributed by atoms with E-state index in [9.17, 15) is 9.59 Å². The van der Waals surface area contributed by atoms with Gasteiger partial charge in [0.05, 0.1) is 0 Å². The predicted molar refractivity (Wildman–Crippen MR) is 94.4 cm³/mol. The Hall–Kier alpha value is -2.46. The number of hydrogen-bond donors (Lipinski definition) is 3. The van der Waals surface area contributed by atoms with Crippen LogP contribution in [0.4, 0.5) is 0 Å². The van der Waals surface area contributed by atoms with Gasteiger partial charge < -0.3 is 15.7 Å². The van der Waals surface area contributed by atoms with Gasteiger partial charge in [-0.05, 0) is 30.4 Å². The number of nitriles is 1. The zero-order valence-electron chi connectivity index (χ0n) is 13.5. The third-order valence-corrected chi connectivity index (χ3v) is 3.87. The van der Waals surface area contributed by atoms with E-state index in [1.165, 1.54) is 18.0 Å². The van der Waals surface area contributed by atoms with Gasteiger partial charge in [-0.25, -0.2) is 4.79 Å². The third kappa shape index (κ3) is 7.20. The number of carboxylic acids is 1. The fourth-order valence-corrected chi connectivity index (χ4v) is 2.38. The molecular weight excluding hydrogens is 326 g/mol. The first kappa shape index (κ1) is 19.6. The summed E-state index contributed by atoms with van der Waals surface area (Å²) in [6, 6.07) is 10.6. The summed E-state index contributed by atoms with van der Waals surface area (Å²) in [6.07, 6.45) is 4.25. The van der Waals surface area contributed by atoms with Gasteiger partial charge in [0.15, 0.2) is 0 Å². The number of nitrogens with zero attached hydrogens (tertiary/aromatic N) is 1. The molecule has 0 aliphatic rings. The number of rotatable bonds is 10. The average Bonchev–Trinajstić information content (AvgIpc) is 2.59. The highest BCUT2D eigenvalue weighted by atomic mass is 32.2. The summed E-state index contributed by atoms with van der Waals surface area (Å²) in [7, 11) is 0. The summed E-state index contributed by atoms with van der Waals surface area (Å²) in [5.41, 5.74) is 1.00. The van der Waals surface area contributed by atoms with Crippen molar-refractivity contribution in [1.29, 1.82) is 5.26 Å². The molecule has 0 aliphatic heterocycles. The van der Waals surface area contributed by atoms with Gasteiger partial charge in [-0.15, -0.1) is 0 Å². The molecule has 0 heterocycles. The van der Waals surface area contributed by atoms with Crippen molar-refractivity contribution in [3.63, 3.8) is 0 Å². The lowest BCUT2D eigenvalue weighted by atomic mass is 10.1. The van der Waals surface area contributed by atoms with E-state index < -0.39 is 17.9 Å². The zero-order valence-corrected chi connectivity index (χ0v) is 14.3. The maximum atomic E-state index is 12.0. The SMILES string of the molecule is CSCCC(NC(=O)/C(C#N)=C\NCCc1ccccc1)C(=O)O. The van der Waals surface area contributed by atoms with Gasteiger partial charge in [-0.2, -0.15) is 17.0 Å². The minimum atomic E-state index is -1.10. The second-order valence-corrected chi connectivity index (χ2v) is 5.99. The molecule has 0 radical (unpaired) electrons. The molecule has 0 aromatic heterocycles. The Kier molecular flexibility index (Phi) is 9.09. The van der Waals surface area contributed by atoms with Gasteiger partial charge in [-0.1, -0.05) is 30.3 Å². The summed E-state index contributed by atoms with van der Waals surface area (Å²) in [4.78, 5) is 23.1. The van der Waals surface area contributed by atoms with Crippen molar-refractivity contribution in [2.45, 2.75) is 18.9 Å². The fraction of sp³-hybridized carbons (Fsp3) is 0.353. The van der Waals surface area contributed by atoms with Gasteiger partial charge in [0.2, 0.25) is 0 Å². The standard InChI is InChI=1S/C17H21N3O3S/c1-24-10-8-15(17(22)23)20-16(21)14(11-18)12-19-9-7-13-5-3-2-4-6-13/h2-6,12,15,19H,7-10H2,1H3,(H,20,21)(H,22,23)/b14-12-. The van der Waals surface area contributed by atoms with Crippen LogP contribution in [0.3, 0.4) is 0 Å². The highest BCUT2D eigenvalue weighted by Gasteiger charge is 2.21. The third-order valence-electron chi connectivity index (χ3n) is 3.23. The number of thioether (sulfide) groups is 1. The van der Waals surface area contributed by atoms with Crippen molar-refractivity contribution in [3.8, 4) is 6.07 Å². The summed E-state index contributed by atoms with van der Waals surface area (Å²) < 4.78 is 0. The minimum Gasteiger partial charge on any atom is -0.480 e. The smallest absolute Gasteiger partial charge is 0.326 e. The van der Waals surface area contributed by atoms with Crippen LogP contribution in [0.25, 0.3) is 0 Å². The van der Waals surface area contributed by atoms with E-state index in [0.29, 0.717) is 18.7 Å². The zero-order chi connectivity index (χ0) is 17.8. The molecule has 0 aliphatic carbocycles. The van der Waals surface area contributed by atoms with E-state index in [2.05, 4.69) is 10.6 Å². The molecule has 0 saturated carbocycles. The van der Waals surface area contributed by atoms with Crippen LogP contribution in [0, 0.1) is 11.3 Å². The molecule has 24 heavy (non-hydrogen) atoms. The van der Waals surface area contributed by atoms with Gasteiger partial charge >= 0.3 is 5.97 Å². The Morgan fingerprint density at radius 2 is 2.08 bits per heavy atom. The van der Waals surface area contributed by atoms with Crippen molar-refractivity contribution < 1.29 is 14.7 Å². The minimum absolute atomic E-state index is 0.140. The quantitative estimate of drug-likeness (QED) is 0.337. The molecule has 0 spiro atoms. The van der Waals surface area contributed by atoms with E-state index in [0.717, 1.165) is 12.0 Å². The Balaban J connectivity index is 2.52. The van der Waals surface area contributed by atoms with Crippen molar-refractivity contribution in [2.75, 3.05) is 18.6 Å². The van der Waals surface area contributed by atoms with Crippen molar-refractivity contribution in [1.82, 2.24) is 10.6 Å². The number of hydrogen-bond acceptors (Lipinski definition) is 5. The van der Waals surface area contributed by atoms with Crippen LogP contribution < -0.4 is 10.6 Å². The van der Waals surface area contributed by atoms with Crippen LogP contribution in [0.15, 0.2) is 42.1 Å².